The number of amidine groups is 1. The number of amides is 1. The van der Waals surface area contributed by atoms with Gasteiger partial charge in [0.25, 0.3) is 5.91 Å². The van der Waals surface area contributed by atoms with Crippen LogP contribution in [0.25, 0.3) is 6.08 Å². The number of thioether (sulfide) groups is 1. The number of carbonyl (C=O) groups is 3. The molecule has 166 valence electrons. The van der Waals surface area contributed by atoms with E-state index in [9.17, 15) is 14.4 Å². The summed E-state index contributed by atoms with van der Waals surface area (Å²) in [5, 5.41) is 18.4. The fraction of sp³-hybridized carbons (Fsp3) is 0.182. The molecule has 1 aliphatic rings. The fourth-order valence-corrected chi connectivity index (χ4v) is 3.75. The predicted octanol–water partition coefficient (Wildman–Crippen LogP) is 3.48. The highest BCUT2D eigenvalue weighted by molar-refractivity contribution is 8.18. The Bertz CT molecular complexity index is 1130. The number of likely N-dealkylation sites (N-methyl/N-ethyl adjacent to an activating group) is 1. The monoisotopic (exact) mass is 456 g/mol. The molecule has 2 N–H and O–H groups in total. The van der Waals surface area contributed by atoms with E-state index < -0.39 is 18.5 Å². The van der Waals surface area contributed by atoms with E-state index in [2.05, 4.69) is 4.99 Å². The first-order chi connectivity index (χ1) is 15.3. The van der Waals surface area contributed by atoms with Gasteiger partial charge in [-0.2, -0.15) is 0 Å². The number of nitrogens with zero attached hydrogens (tertiary/aromatic N) is 2. The van der Waals surface area contributed by atoms with E-state index in [0.29, 0.717) is 39.4 Å². The Hall–Kier alpha value is -3.79. The molecule has 0 spiro atoms. The van der Waals surface area contributed by atoms with Crippen molar-refractivity contribution in [2.45, 2.75) is 6.92 Å². The number of hydrogen-bond acceptors (Lipinski definition) is 7. The molecular formula is C22H20N2O7S. The Morgan fingerprint density at radius 2 is 1.91 bits per heavy atom. The lowest BCUT2D eigenvalue weighted by Crippen LogP contribution is -2.23. The smallest absolute Gasteiger partial charge is 0.341 e. The summed E-state index contributed by atoms with van der Waals surface area (Å²) < 4.78 is 10.8. The van der Waals surface area contributed by atoms with E-state index in [4.69, 9.17) is 19.7 Å². The summed E-state index contributed by atoms with van der Waals surface area (Å²) in [5.41, 5.74) is 1.19. The average Bonchev–Trinajstić information content (AvgIpc) is 3.01. The van der Waals surface area contributed by atoms with Gasteiger partial charge in [-0.25, -0.2) is 14.6 Å². The molecular weight excluding hydrogens is 436 g/mol. The highest BCUT2D eigenvalue weighted by Gasteiger charge is 2.30. The van der Waals surface area contributed by atoms with Gasteiger partial charge in [0.2, 0.25) is 0 Å². The Kier molecular flexibility index (Phi) is 7.16. The van der Waals surface area contributed by atoms with Crippen LogP contribution in [0.15, 0.2) is 52.4 Å². The van der Waals surface area contributed by atoms with E-state index in [1.54, 1.807) is 50.4 Å². The third kappa shape index (κ3) is 5.46. The molecule has 1 aliphatic heterocycles. The topological polar surface area (TPSA) is 126 Å². The number of aliphatic imine (C=N–C) groups is 1. The number of aromatic carboxylic acids is 1. The van der Waals surface area contributed by atoms with Crippen molar-refractivity contribution in [1.82, 2.24) is 4.90 Å². The summed E-state index contributed by atoms with van der Waals surface area (Å²) in [7, 11) is 1.59. The van der Waals surface area contributed by atoms with E-state index in [1.807, 2.05) is 0 Å². The van der Waals surface area contributed by atoms with Crippen molar-refractivity contribution in [3.05, 3.63) is 58.5 Å². The summed E-state index contributed by atoms with van der Waals surface area (Å²) in [6.45, 7) is 1.65. The maximum absolute atomic E-state index is 12.7. The number of hydrogen-bond donors (Lipinski definition) is 2. The Morgan fingerprint density at radius 1 is 1.12 bits per heavy atom. The van der Waals surface area contributed by atoms with Gasteiger partial charge in [0.1, 0.15) is 0 Å². The number of aliphatic carboxylic acids is 1. The maximum Gasteiger partial charge on any atom is 0.341 e. The standard InChI is InChI=1S/C22H20N2O7S/c1-3-30-17-9-13(7-8-16(17)31-12-19(25)26)10-18-20(27)24(2)22(32-18)23-15-6-4-5-14(11-15)21(28)29/h4-11H,3,12H2,1-2H3,(H,25,26)(H,28,29). The van der Waals surface area contributed by atoms with Gasteiger partial charge in [-0.15, -0.1) is 0 Å². The second-order valence-corrected chi connectivity index (χ2v) is 7.56. The minimum atomic E-state index is -1.10. The van der Waals surface area contributed by atoms with Gasteiger partial charge < -0.3 is 19.7 Å². The van der Waals surface area contributed by atoms with Gasteiger partial charge in [-0.05, 0) is 60.7 Å². The van der Waals surface area contributed by atoms with Gasteiger partial charge in [-0.3, -0.25) is 9.69 Å². The van der Waals surface area contributed by atoms with Crippen molar-refractivity contribution in [2.24, 2.45) is 4.99 Å². The van der Waals surface area contributed by atoms with E-state index >= 15 is 0 Å². The van der Waals surface area contributed by atoms with Crippen molar-refractivity contribution in [3.8, 4) is 11.5 Å². The van der Waals surface area contributed by atoms with Gasteiger partial charge in [-0.1, -0.05) is 12.1 Å². The first kappa shape index (κ1) is 22.9. The Labute approximate surface area is 188 Å². The zero-order chi connectivity index (χ0) is 23.3. The number of benzene rings is 2. The molecule has 1 amide bonds. The third-order valence-corrected chi connectivity index (χ3v) is 5.30. The summed E-state index contributed by atoms with van der Waals surface area (Å²) in [5.74, 6) is -1.76. The van der Waals surface area contributed by atoms with Crippen LogP contribution in [-0.2, 0) is 9.59 Å². The fourth-order valence-electron chi connectivity index (χ4n) is 2.76. The molecule has 2 aromatic carbocycles. The SMILES string of the molecule is CCOc1cc(C=C2SC(=Nc3cccc(C(=O)O)c3)N(C)C2=O)ccc1OCC(=O)O. The van der Waals surface area contributed by atoms with E-state index in [0.717, 1.165) is 11.8 Å². The van der Waals surface area contributed by atoms with Crippen LogP contribution < -0.4 is 9.47 Å². The summed E-state index contributed by atoms with van der Waals surface area (Å²) in [6.07, 6.45) is 1.67. The van der Waals surface area contributed by atoms with Crippen LogP contribution >= 0.6 is 11.8 Å². The van der Waals surface area contributed by atoms with Crippen LogP contribution in [0.4, 0.5) is 5.69 Å². The van der Waals surface area contributed by atoms with Crippen LogP contribution in [0.2, 0.25) is 0 Å². The Morgan fingerprint density at radius 3 is 2.59 bits per heavy atom. The average molecular weight is 456 g/mol. The zero-order valence-corrected chi connectivity index (χ0v) is 18.1. The van der Waals surface area contributed by atoms with Gasteiger partial charge in [0.15, 0.2) is 23.3 Å². The molecule has 0 aromatic heterocycles. The van der Waals surface area contributed by atoms with Crippen LogP contribution in [0, 0.1) is 0 Å². The molecule has 1 heterocycles. The van der Waals surface area contributed by atoms with Crippen molar-refractivity contribution < 1.29 is 34.1 Å². The third-order valence-electron chi connectivity index (χ3n) is 4.24. The van der Waals surface area contributed by atoms with Crippen LogP contribution in [0.5, 0.6) is 11.5 Å². The first-order valence-electron chi connectivity index (χ1n) is 9.49. The molecule has 1 fully saturated rings. The molecule has 0 saturated carbocycles. The van der Waals surface area contributed by atoms with Crippen molar-refractivity contribution in [3.63, 3.8) is 0 Å². The lowest BCUT2D eigenvalue weighted by molar-refractivity contribution is -0.139. The number of carbonyl (C=O) groups excluding carboxylic acids is 1. The molecule has 32 heavy (non-hydrogen) atoms. The molecule has 0 radical (unpaired) electrons. The largest absolute Gasteiger partial charge is 0.490 e. The molecule has 2 aromatic rings. The highest BCUT2D eigenvalue weighted by Crippen LogP contribution is 2.35. The molecule has 1 saturated heterocycles. The summed E-state index contributed by atoms with van der Waals surface area (Å²) >= 11 is 1.16. The van der Waals surface area contributed by atoms with Gasteiger partial charge >= 0.3 is 11.9 Å². The molecule has 0 unspecified atom stereocenters. The quantitative estimate of drug-likeness (QED) is 0.578. The second-order valence-electron chi connectivity index (χ2n) is 6.55. The van der Waals surface area contributed by atoms with Crippen LogP contribution in [-0.4, -0.2) is 58.4 Å². The maximum atomic E-state index is 12.7. The zero-order valence-electron chi connectivity index (χ0n) is 17.3. The molecule has 9 nitrogen and oxygen atoms in total. The molecule has 0 aliphatic carbocycles. The number of rotatable bonds is 8. The summed E-state index contributed by atoms with van der Waals surface area (Å²) in [4.78, 5) is 40.8. The summed E-state index contributed by atoms with van der Waals surface area (Å²) in [6, 6.07) is 11.1. The number of carboxylic acid groups (broad SMARTS) is 2. The highest BCUT2D eigenvalue weighted by atomic mass is 32.2. The molecule has 0 bridgehead atoms. The Balaban J connectivity index is 1.86. The predicted molar refractivity (Wildman–Crippen MR) is 120 cm³/mol. The minimum Gasteiger partial charge on any atom is -0.490 e. The normalized spacial score (nSPS) is 15.9. The van der Waals surface area contributed by atoms with Crippen molar-refractivity contribution in [1.29, 1.82) is 0 Å². The number of carboxylic acids is 2. The van der Waals surface area contributed by atoms with E-state index in [-0.39, 0.29) is 11.5 Å². The molecule has 3 rings (SSSR count). The second kappa shape index (κ2) is 10.0. The minimum absolute atomic E-state index is 0.105. The van der Waals surface area contributed by atoms with Gasteiger partial charge in [0.05, 0.1) is 22.8 Å². The molecule has 0 atom stereocenters. The van der Waals surface area contributed by atoms with Crippen LogP contribution in [0.1, 0.15) is 22.8 Å². The van der Waals surface area contributed by atoms with Crippen molar-refractivity contribution in [2.75, 3.05) is 20.3 Å². The molecule has 10 heteroatoms. The number of ether oxygens (including phenoxy) is 2. The lowest BCUT2D eigenvalue weighted by Gasteiger charge is -2.11. The van der Waals surface area contributed by atoms with Crippen LogP contribution in [0.3, 0.4) is 0 Å². The van der Waals surface area contributed by atoms with Crippen molar-refractivity contribution >= 4 is 46.5 Å². The van der Waals surface area contributed by atoms with E-state index in [1.165, 1.54) is 17.0 Å². The first-order valence-corrected chi connectivity index (χ1v) is 10.3. The lowest BCUT2D eigenvalue weighted by atomic mass is 10.2. The van der Waals surface area contributed by atoms with Gasteiger partial charge in [0, 0.05) is 7.05 Å².